The first kappa shape index (κ1) is 15.9. The van der Waals surface area contributed by atoms with Gasteiger partial charge in [-0.05, 0) is 26.2 Å². The van der Waals surface area contributed by atoms with Gasteiger partial charge in [-0.3, -0.25) is 9.59 Å². The standard InChI is InChI=1S/C13H23NO5/c1-13(18,5-6-19-2)8-14-11(15)9-3-4-10(7-9)12(16)17/h9-10,18H,3-8H2,1-2H3,(H,14,15)(H,16,17)/t9-,10+,13?/m1/s1. The Labute approximate surface area is 113 Å². The van der Waals surface area contributed by atoms with Crippen molar-refractivity contribution in [2.24, 2.45) is 11.8 Å². The molecule has 0 bridgehead atoms. The van der Waals surface area contributed by atoms with Crippen LogP contribution < -0.4 is 5.32 Å². The monoisotopic (exact) mass is 273 g/mol. The first-order chi connectivity index (χ1) is 8.85. The molecule has 1 aliphatic carbocycles. The summed E-state index contributed by atoms with van der Waals surface area (Å²) in [6.45, 7) is 2.22. The second kappa shape index (κ2) is 6.86. The van der Waals surface area contributed by atoms with Gasteiger partial charge in [0.2, 0.25) is 5.91 Å². The minimum Gasteiger partial charge on any atom is -0.481 e. The lowest BCUT2D eigenvalue weighted by atomic mass is 10.0. The third kappa shape index (κ3) is 5.16. The van der Waals surface area contributed by atoms with E-state index in [9.17, 15) is 14.7 Å². The predicted molar refractivity (Wildman–Crippen MR) is 68.6 cm³/mol. The molecule has 6 heteroatoms. The molecule has 1 aliphatic rings. The molecule has 1 unspecified atom stereocenters. The van der Waals surface area contributed by atoms with Crippen molar-refractivity contribution in [3.63, 3.8) is 0 Å². The van der Waals surface area contributed by atoms with Gasteiger partial charge in [0.1, 0.15) is 0 Å². The summed E-state index contributed by atoms with van der Waals surface area (Å²) in [7, 11) is 1.55. The molecule has 0 radical (unpaired) electrons. The van der Waals surface area contributed by atoms with E-state index in [2.05, 4.69) is 5.32 Å². The first-order valence-electron chi connectivity index (χ1n) is 6.57. The van der Waals surface area contributed by atoms with Crippen LogP contribution in [0.5, 0.6) is 0 Å². The molecule has 3 N–H and O–H groups in total. The van der Waals surface area contributed by atoms with Gasteiger partial charge in [0.15, 0.2) is 0 Å². The molecule has 0 heterocycles. The Hall–Kier alpha value is -1.14. The molecule has 3 atom stereocenters. The van der Waals surface area contributed by atoms with E-state index >= 15 is 0 Å². The van der Waals surface area contributed by atoms with E-state index in [0.717, 1.165) is 0 Å². The number of carboxylic acids is 1. The molecular weight excluding hydrogens is 250 g/mol. The number of amides is 1. The van der Waals surface area contributed by atoms with Crippen LogP contribution in [0.25, 0.3) is 0 Å². The Morgan fingerprint density at radius 1 is 1.37 bits per heavy atom. The van der Waals surface area contributed by atoms with Crippen LogP contribution in [0.1, 0.15) is 32.6 Å². The number of nitrogens with one attached hydrogen (secondary N) is 1. The fraction of sp³-hybridized carbons (Fsp3) is 0.846. The highest BCUT2D eigenvalue weighted by atomic mass is 16.5. The number of methoxy groups -OCH3 is 1. The lowest BCUT2D eigenvalue weighted by Crippen LogP contribution is -2.43. The largest absolute Gasteiger partial charge is 0.481 e. The molecule has 19 heavy (non-hydrogen) atoms. The van der Waals surface area contributed by atoms with Crippen molar-refractivity contribution in [3.8, 4) is 0 Å². The van der Waals surface area contributed by atoms with E-state index in [1.54, 1.807) is 14.0 Å². The third-order valence-electron chi connectivity index (χ3n) is 3.64. The number of hydrogen-bond donors (Lipinski definition) is 3. The Bertz CT molecular complexity index is 329. The molecule has 0 aliphatic heterocycles. The van der Waals surface area contributed by atoms with Crippen LogP contribution in [-0.2, 0) is 14.3 Å². The summed E-state index contributed by atoms with van der Waals surface area (Å²) >= 11 is 0. The summed E-state index contributed by atoms with van der Waals surface area (Å²) in [5.41, 5.74) is -1.00. The van der Waals surface area contributed by atoms with Gasteiger partial charge in [0.25, 0.3) is 0 Å². The van der Waals surface area contributed by atoms with E-state index in [0.29, 0.717) is 32.3 Å². The molecule has 1 rings (SSSR count). The van der Waals surface area contributed by atoms with Crippen LogP contribution >= 0.6 is 0 Å². The number of hydrogen-bond acceptors (Lipinski definition) is 4. The number of aliphatic carboxylic acids is 1. The highest BCUT2D eigenvalue weighted by Gasteiger charge is 2.34. The van der Waals surface area contributed by atoms with E-state index in [1.807, 2.05) is 0 Å². The van der Waals surface area contributed by atoms with Crippen LogP contribution in [0.4, 0.5) is 0 Å². The maximum Gasteiger partial charge on any atom is 0.306 e. The number of carboxylic acid groups (broad SMARTS) is 1. The van der Waals surface area contributed by atoms with Crippen molar-refractivity contribution in [2.75, 3.05) is 20.3 Å². The summed E-state index contributed by atoms with van der Waals surface area (Å²) in [5, 5.41) is 21.6. The lowest BCUT2D eigenvalue weighted by molar-refractivity contribution is -0.141. The fourth-order valence-electron chi connectivity index (χ4n) is 2.28. The molecule has 0 saturated heterocycles. The summed E-state index contributed by atoms with van der Waals surface area (Å²) in [4.78, 5) is 22.7. The van der Waals surface area contributed by atoms with Gasteiger partial charge in [-0.25, -0.2) is 0 Å². The average molecular weight is 273 g/mol. The van der Waals surface area contributed by atoms with Gasteiger partial charge in [0, 0.05) is 32.6 Å². The van der Waals surface area contributed by atoms with Crippen molar-refractivity contribution in [1.29, 1.82) is 0 Å². The molecule has 1 fully saturated rings. The normalized spacial score (nSPS) is 25.8. The third-order valence-corrected chi connectivity index (χ3v) is 3.64. The molecule has 0 aromatic rings. The molecule has 110 valence electrons. The summed E-state index contributed by atoms with van der Waals surface area (Å²) in [5.74, 6) is -1.66. The highest BCUT2D eigenvalue weighted by Crippen LogP contribution is 2.31. The summed E-state index contributed by atoms with van der Waals surface area (Å²) < 4.78 is 4.89. The van der Waals surface area contributed by atoms with Crippen LogP contribution in [0.3, 0.4) is 0 Å². The van der Waals surface area contributed by atoms with Crippen LogP contribution in [0, 0.1) is 11.8 Å². The SMILES string of the molecule is COCCC(C)(O)CNC(=O)[C@@H]1CC[C@H](C(=O)O)C1. The zero-order valence-electron chi connectivity index (χ0n) is 11.5. The van der Waals surface area contributed by atoms with E-state index < -0.39 is 17.5 Å². The molecule has 6 nitrogen and oxygen atoms in total. The molecule has 1 amide bonds. The Balaban J connectivity index is 2.34. The number of aliphatic hydroxyl groups is 1. The molecule has 1 saturated carbocycles. The average Bonchev–Trinajstić information content (AvgIpc) is 2.83. The van der Waals surface area contributed by atoms with Gasteiger partial charge < -0.3 is 20.3 Å². The van der Waals surface area contributed by atoms with Crippen molar-refractivity contribution in [3.05, 3.63) is 0 Å². The first-order valence-corrected chi connectivity index (χ1v) is 6.57. The minimum atomic E-state index is -1.00. The lowest BCUT2D eigenvalue weighted by Gasteiger charge is -2.24. The number of rotatable bonds is 7. The molecular formula is C13H23NO5. The van der Waals surface area contributed by atoms with Gasteiger partial charge in [-0.2, -0.15) is 0 Å². The van der Waals surface area contributed by atoms with E-state index in [1.165, 1.54) is 0 Å². The van der Waals surface area contributed by atoms with Gasteiger partial charge in [-0.15, -0.1) is 0 Å². The maximum atomic E-state index is 11.9. The maximum absolute atomic E-state index is 11.9. The zero-order valence-corrected chi connectivity index (χ0v) is 11.5. The Morgan fingerprint density at radius 2 is 2.00 bits per heavy atom. The topological polar surface area (TPSA) is 95.9 Å². The number of carbonyl (C=O) groups is 2. The van der Waals surface area contributed by atoms with Crippen molar-refractivity contribution >= 4 is 11.9 Å². The Morgan fingerprint density at radius 3 is 2.53 bits per heavy atom. The molecule has 0 aromatic heterocycles. The van der Waals surface area contributed by atoms with Crippen LogP contribution in [-0.4, -0.2) is 48.0 Å². The number of ether oxygens (including phenoxy) is 1. The second-order valence-corrected chi connectivity index (χ2v) is 5.50. The Kier molecular flexibility index (Phi) is 5.75. The van der Waals surface area contributed by atoms with Crippen LogP contribution in [0.15, 0.2) is 0 Å². The molecule has 0 aromatic carbocycles. The fourth-order valence-corrected chi connectivity index (χ4v) is 2.28. The van der Waals surface area contributed by atoms with Crippen molar-refractivity contribution in [1.82, 2.24) is 5.32 Å². The smallest absolute Gasteiger partial charge is 0.306 e. The second-order valence-electron chi connectivity index (χ2n) is 5.50. The number of carbonyl (C=O) groups excluding carboxylic acids is 1. The van der Waals surface area contributed by atoms with Crippen molar-refractivity contribution in [2.45, 2.75) is 38.2 Å². The summed E-state index contributed by atoms with van der Waals surface area (Å²) in [6, 6.07) is 0. The zero-order chi connectivity index (χ0) is 14.5. The van der Waals surface area contributed by atoms with Gasteiger partial charge in [0.05, 0.1) is 11.5 Å². The molecule has 0 spiro atoms. The highest BCUT2D eigenvalue weighted by molar-refractivity contribution is 5.80. The van der Waals surface area contributed by atoms with Crippen LogP contribution in [0.2, 0.25) is 0 Å². The van der Waals surface area contributed by atoms with Gasteiger partial charge >= 0.3 is 5.97 Å². The minimum absolute atomic E-state index is 0.156. The van der Waals surface area contributed by atoms with E-state index in [-0.39, 0.29) is 18.4 Å². The quantitative estimate of drug-likeness (QED) is 0.623. The predicted octanol–water partition coefficient (Wildman–Crippen LogP) is 0.391. The van der Waals surface area contributed by atoms with Gasteiger partial charge in [-0.1, -0.05) is 0 Å². The van der Waals surface area contributed by atoms with E-state index in [4.69, 9.17) is 9.84 Å². The van der Waals surface area contributed by atoms with Crippen molar-refractivity contribution < 1.29 is 24.5 Å². The summed E-state index contributed by atoms with van der Waals surface area (Å²) in [6.07, 6.45) is 1.98.